The fourth-order valence-corrected chi connectivity index (χ4v) is 8.41. The van der Waals surface area contributed by atoms with E-state index >= 15 is 0 Å². The zero-order valence-electron chi connectivity index (χ0n) is 45.1. The third kappa shape index (κ3) is 54.1. The summed E-state index contributed by atoms with van der Waals surface area (Å²) < 4.78 is 16.8. The van der Waals surface area contributed by atoms with E-state index in [-0.39, 0.29) is 31.1 Å². The average molecular weight is 952 g/mol. The highest BCUT2D eigenvalue weighted by molar-refractivity contribution is 5.71. The third-order valence-electron chi connectivity index (χ3n) is 12.8. The molecule has 0 aliphatic heterocycles. The van der Waals surface area contributed by atoms with Crippen molar-refractivity contribution in [2.24, 2.45) is 0 Å². The van der Waals surface area contributed by atoms with Crippen LogP contribution in [0, 0.1) is 0 Å². The van der Waals surface area contributed by atoms with Crippen molar-refractivity contribution in [1.29, 1.82) is 0 Å². The molecule has 1 unspecified atom stereocenters. The van der Waals surface area contributed by atoms with Gasteiger partial charge in [-0.15, -0.1) is 0 Å². The standard InChI is InChI=1S/C62H110O6/c1-4-7-10-13-16-18-20-22-24-26-27-28-29-30-31-32-33-34-35-36-38-39-41-43-46-49-52-55-61(64)67-58-59(57-66-60(63)54-51-48-45-15-12-9-6-3)68-62(65)56-53-50-47-44-42-40-37-25-23-21-19-17-14-11-8-5-2/h7,10,16,18,22,24,27-28,30-31,59H,4-6,8-9,11-15,17,19-21,23,25-26,29,32-58H2,1-3H3/b10-7-,18-16-,24-22-,28-27-,31-30-. The maximum Gasteiger partial charge on any atom is 0.306 e. The Morgan fingerprint density at radius 2 is 0.574 bits per heavy atom. The molecule has 0 aliphatic carbocycles. The van der Waals surface area contributed by atoms with Crippen LogP contribution in [0.1, 0.15) is 297 Å². The van der Waals surface area contributed by atoms with Crippen LogP contribution in [0.2, 0.25) is 0 Å². The van der Waals surface area contributed by atoms with E-state index in [4.69, 9.17) is 14.2 Å². The minimum Gasteiger partial charge on any atom is -0.462 e. The van der Waals surface area contributed by atoms with Crippen LogP contribution in [-0.4, -0.2) is 37.2 Å². The molecular weight excluding hydrogens is 841 g/mol. The molecule has 0 aromatic rings. The van der Waals surface area contributed by atoms with Crippen molar-refractivity contribution in [3.63, 3.8) is 0 Å². The second kappa shape index (κ2) is 56.7. The van der Waals surface area contributed by atoms with Crippen LogP contribution in [0.25, 0.3) is 0 Å². The Hall–Kier alpha value is -2.89. The van der Waals surface area contributed by atoms with Crippen LogP contribution in [-0.2, 0) is 28.6 Å². The summed E-state index contributed by atoms with van der Waals surface area (Å²) in [4.78, 5) is 37.9. The van der Waals surface area contributed by atoms with Crippen molar-refractivity contribution in [2.45, 2.75) is 303 Å². The molecule has 0 aromatic heterocycles. The first kappa shape index (κ1) is 65.1. The van der Waals surface area contributed by atoms with E-state index in [1.54, 1.807) is 0 Å². The molecule has 0 rings (SSSR count). The largest absolute Gasteiger partial charge is 0.462 e. The summed E-state index contributed by atoms with van der Waals surface area (Å²) in [5, 5.41) is 0. The highest BCUT2D eigenvalue weighted by Crippen LogP contribution is 2.16. The van der Waals surface area contributed by atoms with Crippen molar-refractivity contribution in [3.05, 3.63) is 60.8 Å². The van der Waals surface area contributed by atoms with Crippen molar-refractivity contribution in [1.82, 2.24) is 0 Å². The average Bonchev–Trinajstić information content (AvgIpc) is 3.34. The molecule has 0 heterocycles. The predicted octanol–water partition coefficient (Wildman–Crippen LogP) is 19.6. The summed E-state index contributed by atoms with van der Waals surface area (Å²) in [6, 6.07) is 0. The molecule has 0 aromatic carbocycles. The van der Waals surface area contributed by atoms with Crippen LogP contribution < -0.4 is 0 Å². The summed E-state index contributed by atoms with van der Waals surface area (Å²) in [5.74, 6) is -0.867. The molecule has 0 saturated heterocycles. The number of hydrogen-bond donors (Lipinski definition) is 0. The van der Waals surface area contributed by atoms with Crippen LogP contribution in [0.4, 0.5) is 0 Å². The fourth-order valence-electron chi connectivity index (χ4n) is 8.41. The minimum absolute atomic E-state index is 0.0710. The van der Waals surface area contributed by atoms with Crippen LogP contribution >= 0.6 is 0 Å². The van der Waals surface area contributed by atoms with E-state index in [9.17, 15) is 14.4 Å². The first-order valence-corrected chi connectivity index (χ1v) is 29.3. The van der Waals surface area contributed by atoms with Gasteiger partial charge in [-0.25, -0.2) is 0 Å². The summed E-state index contributed by atoms with van der Waals surface area (Å²) >= 11 is 0. The fraction of sp³-hybridized carbons (Fsp3) is 0.790. The van der Waals surface area contributed by atoms with E-state index in [1.807, 2.05) is 0 Å². The summed E-state index contributed by atoms with van der Waals surface area (Å²) in [7, 11) is 0. The molecular formula is C62H110O6. The van der Waals surface area contributed by atoms with Crippen molar-refractivity contribution in [2.75, 3.05) is 13.2 Å². The lowest BCUT2D eigenvalue weighted by molar-refractivity contribution is -0.167. The van der Waals surface area contributed by atoms with Crippen LogP contribution in [0.15, 0.2) is 60.8 Å². The Morgan fingerprint density at radius 3 is 0.897 bits per heavy atom. The van der Waals surface area contributed by atoms with Gasteiger partial charge < -0.3 is 14.2 Å². The van der Waals surface area contributed by atoms with E-state index in [0.29, 0.717) is 19.3 Å². The molecule has 0 aliphatic rings. The van der Waals surface area contributed by atoms with E-state index < -0.39 is 6.10 Å². The number of esters is 3. The lowest BCUT2D eigenvalue weighted by Crippen LogP contribution is -2.30. The molecule has 6 nitrogen and oxygen atoms in total. The van der Waals surface area contributed by atoms with Gasteiger partial charge >= 0.3 is 17.9 Å². The van der Waals surface area contributed by atoms with Gasteiger partial charge in [0.1, 0.15) is 13.2 Å². The highest BCUT2D eigenvalue weighted by Gasteiger charge is 2.19. The van der Waals surface area contributed by atoms with Gasteiger partial charge in [0.15, 0.2) is 6.10 Å². The molecule has 0 radical (unpaired) electrons. The normalized spacial score (nSPS) is 12.5. The lowest BCUT2D eigenvalue weighted by atomic mass is 10.0. The minimum atomic E-state index is -0.769. The Bertz CT molecular complexity index is 1230. The van der Waals surface area contributed by atoms with Gasteiger partial charge in [0.05, 0.1) is 0 Å². The molecule has 68 heavy (non-hydrogen) atoms. The van der Waals surface area contributed by atoms with Gasteiger partial charge in [0.2, 0.25) is 0 Å². The second-order valence-corrected chi connectivity index (χ2v) is 19.5. The molecule has 0 amide bonds. The molecule has 0 spiro atoms. The maximum atomic E-state index is 12.8. The summed E-state index contributed by atoms with van der Waals surface area (Å²) in [5.41, 5.74) is 0. The van der Waals surface area contributed by atoms with Gasteiger partial charge in [-0.1, -0.05) is 274 Å². The molecule has 0 saturated carbocycles. The van der Waals surface area contributed by atoms with Crippen LogP contribution in [0.3, 0.4) is 0 Å². The monoisotopic (exact) mass is 951 g/mol. The molecule has 1 atom stereocenters. The third-order valence-corrected chi connectivity index (χ3v) is 12.8. The van der Waals surface area contributed by atoms with Gasteiger partial charge in [0, 0.05) is 19.3 Å². The molecule has 6 heteroatoms. The van der Waals surface area contributed by atoms with Crippen LogP contribution in [0.5, 0.6) is 0 Å². The van der Waals surface area contributed by atoms with E-state index in [2.05, 4.69) is 81.5 Å². The zero-order chi connectivity index (χ0) is 49.3. The smallest absolute Gasteiger partial charge is 0.306 e. The number of unbranched alkanes of at least 4 members (excludes halogenated alkanes) is 32. The molecule has 394 valence electrons. The van der Waals surface area contributed by atoms with E-state index in [0.717, 1.165) is 89.9 Å². The lowest BCUT2D eigenvalue weighted by Gasteiger charge is -2.18. The summed E-state index contributed by atoms with van der Waals surface area (Å²) in [6.45, 7) is 6.51. The SMILES string of the molecule is CC/C=C\C/C=C\C/C=C\C/C=C\C/C=C\CCCCCCCCCCCCCC(=O)OCC(COC(=O)CCCCCCCCC)OC(=O)CCCCCCCCCCCCCCCCCC. The number of carbonyl (C=O) groups excluding carboxylic acids is 3. The summed E-state index contributed by atoms with van der Waals surface area (Å²) in [6.07, 6.45) is 70.9. The molecule has 0 bridgehead atoms. The van der Waals surface area contributed by atoms with Crippen molar-refractivity contribution < 1.29 is 28.6 Å². The van der Waals surface area contributed by atoms with Gasteiger partial charge in [-0.3, -0.25) is 14.4 Å². The zero-order valence-corrected chi connectivity index (χ0v) is 45.1. The van der Waals surface area contributed by atoms with Gasteiger partial charge in [0.25, 0.3) is 0 Å². The number of allylic oxidation sites excluding steroid dienone is 10. The Balaban J connectivity index is 4.12. The number of ether oxygens (including phenoxy) is 3. The second-order valence-electron chi connectivity index (χ2n) is 19.5. The Kier molecular flexibility index (Phi) is 54.3. The first-order chi connectivity index (χ1) is 33.5. The quantitative estimate of drug-likeness (QED) is 0.0262. The number of carbonyl (C=O) groups is 3. The molecule has 0 N–H and O–H groups in total. The van der Waals surface area contributed by atoms with Crippen molar-refractivity contribution in [3.8, 4) is 0 Å². The van der Waals surface area contributed by atoms with E-state index in [1.165, 1.54) is 167 Å². The van der Waals surface area contributed by atoms with Gasteiger partial charge in [-0.05, 0) is 64.2 Å². The maximum absolute atomic E-state index is 12.8. The number of hydrogen-bond acceptors (Lipinski definition) is 6. The number of rotatable bonds is 53. The molecule has 0 fully saturated rings. The highest BCUT2D eigenvalue weighted by atomic mass is 16.6. The van der Waals surface area contributed by atoms with Gasteiger partial charge in [-0.2, -0.15) is 0 Å². The topological polar surface area (TPSA) is 78.9 Å². The Morgan fingerprint density at radius 1 is 0.309 bits per heavy atom. The first-order valence-electron chi connectivity index (χ1n) is 29.3. The Labute approximate surface area is 421 Å². The predicted molar refractivity (Wildman–Crippen MR) is 293 cm³/mol. The van der Waals surface area contributed by atoms with Crippen molar-refractivity contribution >= 4 is 17.9 Å².